The first-order chi connectivity index (χ1) is 5.97. The van der Waals surface area contributed by atoms with Gasteiger partial charge in [-0.3, -0.25) is 14.9 Å². The highest BCUT2D eigenvalue weighted by atomic mass is 16.6. The Morgan fingerprint density at radius 2 is 2.08 bits per heavy atom. The summed E-state index contributed by atoms with van der Waals surface area (Å²) in [7, 11) is 1.23. The van der Waals surface area contributed by atoms with Gasteiger partial charge in [-0.1, -0.05) is 13.8 Å². The smallest absolute Gasteiger partial charge is 0.312 e. The van der Waals surface area contributed by atoms with E-state index in [4.69, 9.17) is 0 Å². The van der Waals surface area contributed by atoms with Crippen LogP contribution in [0.15, 0.2) is 0 Å². The van der Waals surface area contributed by atoms with Crippen molar-refractivity contribution in [3.05, 3.63) is 10.1 Å². The maximum atomic E-state index is 10.8. The van der Waals surface area contributed by atoms with E-state index < -0.39 is 16.9 Å². The van der Waals surface area contributed by atoms with Crippen LogP contribution in [0.4, 0.5) is 0 Å². The Bertz CT molecular complexity index is 191. The molecular weight excluding hydrogens is 174 g/mol. The average molecular weight is 189 g/mol. The molecular formula is C8H15NO4. The monoisotopic (exact) mass is 189 g/mol. The van der Waals surface area contributed by atoms with Crippen molar-refractivity contribution in [1.29, 1.82) is 0 Å². The first-order valence-electron chi connectivity index (χ1n) is 4.17. The van der Waals surface area contributed by atoms with Gasteiger partial charge >= 0.3 is 5.97 Å². The van der Waals surface area contributed by atoms with Gasteiger partial charge in [0.05, 0.1) is 7.11 Å². The molecule has 0 heterocycles. The lowest BCUT2D eigenvalue weighted by molar-refractivity contribution is -0.523. The number of nitrogens with zero attached hydrogens (tertiary/aromatic N) is 1. The molecule has 0 fully saturated rings. The second-order valence-electron chi connectivity index (χ2n) is 3.35. The van der Waals surface area contributed by atoms with E-state index in [2.05, 4.69) is 4.74 Å². The standard InChI is InChI=1S/C8H15NO4/c1-6(2)4-7(9(11)12)5-8(10)13-3/h6-7H,4-5H2,1-3H3/t7-/m1/s1. The van der Waals surface area contributed by atoms with Crippen LogP contribution < -0.4 is 0 Å². The summed E-state index contributed by atoms with van der Waals surface area (Å²) in [5, 5.41) is 10.5. The van der Waals surface area contributed by atoms with Gasteiger partial charge in [0.15, 0.2) is 0 Å². The third kappa shape index (κ3) is 5.16. The van der Waals surface area contributed by atoms with Crippen LogP contribution in [0.1, 0.15) is 26.7 Å². The molecule has 5 nitrogen and oxygen atoms in total. The summed E-state index contributed by atoms with van der Waals surface area (Å²) < 4.78 is 4.37. The molecule has 76 valence electrons. The number of ether oxygens (including phenoxy) is 1. The van der Waals surface area contributed by atoms with Crippen LogP contribution in [0.3, 0.4) is 0 Å². The van der Waals surface area contributed by atoms with E-state index in [1.165, 1.54) is 7.11 Å². The Hall–Kier alpha value is -1.13. The molecule has 0 aromatic carbocycles. The molecule has 0 rings (SSSR count). The van der Waals surface area contributed by atoms with Crippen LogP contribution in [0.2, 0.25) is 0 Å². The number of carbonyl (C=O) groups is 1. The third-order valence-electron chi connectivity index (χ3n) is 1.67. The van der Waals surface area contributed by atoms with Crippen molar-refractivity contribution in [2.24, 2.45) is 5.92 Å². The van der Waals surface area contributed by atoms with Crippen LogP contribution in [-0.2, 0) is 9.53 Å². The summed E-state index contributed by atoms with van der Waals surface area (Å²) in [5.74, 6) is -0.317. The number of rotatable bonds is 5. The quantitative estimate of drug-likeness (QED) is 0.370. The van der Waals surface area contributed by atoms with Gasteiger partial charge in [-0.15, -0.1) is 0 Å². The lowest BCUT2D eigenvalue weighted by Gasteiger charge is -2.09. The first-order valence-corrected chi connectivity index (χ1v) is 4.17. The van der Waals surface area contributed by atoms with Gasteiger partial charge < -0.3 is 4.74 Å². The van der Waals surface area contributed by atoms with Gasteiger partial charge in [0.2, 0.25) is 6.04 Å². The zero-order chi connectivity index (χ0) is 10.4. The van der Waals surface area contributed by atoms with E-state index in [1.807, 2.05) is 13.8 Å². The fraction of sp³-hybridized carbons (Fsp3) is 0.875. The molecule has 1 atom stereocenters. The third-order valence-corrected chi connectivity index (χ3v) is 1.67. The molecule has 13 heavy (non-hydrogen) atoms. The van der Waals surface area contributed by atoms with Gasteiger partial charge in [0.25, 0.3) is 0 Å². The van der Waals surface area contributed by atoms with Gasteiger partial charge in [-0.2, -0.15) is 0 Å². The van der Waals surface area contributed by atoms with Crippen molar-refractivity contribution in [3.63, 3.8) is 0 Å². The molecule has 0 bridgehead atoms. The van der Waals surface area contributed by atoms with Crippen LogP contribution in [0.25, 0.3) is 0 Å². The molecule has 5 heteroatoms. The Labute approximate surface area is 77.2 Å². The molecule has 0 radical (unpaired) electrons. The Morgan fingerprint density at radius 1 is 1.54 bits per heavy atom. The number of hydrogen-bond donors (Lipinski definition) is 0. The highest BCUT2D eigenvalue weighted by Crippen LogP contribution is 2.11. The van der Waals surface area contributed by atoms with Crippen molar-refractivity contribution < 1.29 is 14.5 Å². The molecule has 0 aliphatic heterocycles. The summed E-state index contributed by atoms with van der Waals surface area (Å²) in [4.78, 5) is 20.8. The minimum atomic E-state index is -0.813. The maximum Gasteiger partial charge on any atom is 0.312 e. The zero-order valence-electron chi connectivity index (χ0n) is 8.15. The SMILES string of the molecule is COC(=O)C[C@@H](CC(C)C)[N+](=O)[O-]. The van der Waals surface area contributed by atoms with Gasteiger partial charge in [-0.05, 0) is 5.92 Å². The molecule has 0 N–H and O–H groups in total. The fourth-order valence-electron chi connectivity index (χ4n) is 1.06. The molecule has 0 aromatic heterocycles. The van der Waals surface area contributed by atoms with Crippen LogP contribution in [0.5, 0.6) is 0 Å². The molecule has 0 aromatic rings. The topological polar surface area (TPSA) is 69.4 Å². The number of carbonyl (C=O) groups excluding carboxylic acids is 1. The van der Waals surface area contributed by atoms with Crippen LogP contribution in [-0.4, -0.2) is 24.0 Å². The lowest BCUT2D eigenvalue weighted by Crippen LogP contribution is -2.25. The highest BCUT2D eigenvalue weighted by molar-refractivity contribution is 5.69. The van der Waals surface area contributed by atoms with Crippen LogP contribution >= 0.6 is 0 Å². The van der Waals surface area contributed by atoms with Gasteiger partial charge in [0.1, 0.15) is 6.42 Å². The molecule has 0 aliphatic rings. The first kappa shape index (κ1) is 11.9. The summed E-state index contributed by atoms with van der Waals surface area (Å²) in [6.45, 7) is 3.77. The normalized spacial score (nSPS) is 12.6. The van der Waals surface area contributed by atoms with Gasteiger partial charge in [0, 0.05) is 11.3 Å². The molecule has 0 saturated heterocycles. The number of methoxy groups -OCH3 is 1. The van der Waals surface area contributed by atoms with Crippen molar-refractivity contribution in [3.8, 4) is 0 Å². The highest BCUT2D eigenvalue weighted by Gasteiger charge is 2.25. The predicted molar refractivity (Wildman–Crippen MR) is 46.9 cm³/mol. The maximum absolute atomic E-state index is 10.8. The molecule has 0 saturated carbocycles. The van der Waals surface area contributed by atoms with E-state index in [0.29, 0.717) is 6.42 Å². The lowest BCUT2D eigenvalue weighted by atomic mass is 10.0. The Balaban J connectivity index is 4.10. The van der Waals surface area contributed by atoms with Crippen molar-refractivity contribution in [2.75, 3.05) is 7.11 Å². The van der Waals surface area contributed by atoms with E-state index in [9.17, 15) is 14.9 Å². The summed E-state index contributed by atoms with van der Waals surface area (Å²) in [5.41, 5.74) is 0. The van der Waals surface area contributed by atoms with E-state index in [1.54, 1.807) is 0 Å². The minimum absolute atomic E-state index is 0.137. The molecule has 0 unspecified atom stereocenters. The van der Waals surface area contributed by atoms with Crippen molar-refractivity contribution in [1.82, 2.24) is 0 Å². The van der Waals surface area contributed by atoms with Crippen molar-refractivity contribution >= 4 is 5.97 Å². The van der Waals surface area contributed by atoms with Gasteiger partial charge in [-0.25, -0.2) is 0 Å². The number of hydrogen-bond acceptors (Lipinski definition) is 4. The Kier molecular flexibility index (Phi) is 5.03. The van der Waals surface area contributed by atoms with Crippen molar-refractivity contribution in [2.45, 2.75) is 32.7 Å². The molecule has 0 aliphatic carbocycles. The largest absolute Gasteiger partial charge is 0.469 e. The minimum Gasteiger partial charge on any atom is -0.469 e. The second-order valence-corrected chi connectivity index (χ2v) is 3.35. The van der Waals surface area contributed by atoms with E-state index >= 15 is 0 Å². The van der Waals surface area contributed by atoms with Crippen LogP contribution in [0, 0.1) is 16.0 Å². The molecule has 0 spiro atoms. The fourth-order valence-corrected chi connectivity index (χ4v) is 1.06. The zero-order valence-corrected chi connectivity index (χ0v) is 8.15. The second kappa shape index (κ2) is 5.50. The summed E-state index contributed by atoms with van der Waals surface area (Å²) in [6, 6.07) is -0.813. The summed E-state index contributed by atoms with van der Waals surface area (Å²) >= 11 is 0. The number of nitro groups is 1. The van der Waals surface area contributed by atoms with E-state index in [0.717, 1.165) is 0 Å². The molecule has 0 amide bonds. The summed E-state index contributed by atoms with van der Waals surface area (Å²) in [6.07, 6.45) is 0.268. The van der Waals surface area contributed by atoms with E-state index in [-0.39, 0.29) is 12.3 Å². The average Bonchev–Trinajstić information content (AvgIpc) is 2.02. The predicted octanol–water partition coefficient (Wildman–Crippen LogP) is 1.24. The Morgan fingerprint density at radius 3 is 2.38 bits per heavy atom. The number of esters is 1.